The number of halogens is 2. The highest BCUT2D eigenvalue weighted by Gasteiger charge is 2.49. The van der Waals surface area contributed by atoms with Crippen LogP contribution in [0.5, 0.6) is 0 Å². The van der Waals surface area contributed by atoms with Crippen LogP contribution >= 0.6 is 7.37 Å². The fourth-order valence-electron chi connectivity index (χ4n) is 0.699. The van der Waals surface area contributed by atoms with Crippen molar-refractivity contribution in [1.82, 2.24) is 0 Å². The van der Waals surface area contributed by atoms with Crippen molar-refractivity contribution in [2.75, 3.05) is 12.3 Å². The van der Waals surface area contributed by atoms with Crippen LogP contribution in [-0.4, -0.2) is 26.1 Å². The standard InChI is InChI=1S/C8H19F2O2PSi/c1-6-13(11,7-2)12-8(9,10)14(3,4)5/h6-7H2,1-5H3. The van der Waals surface area contributed by atoms with Gasteiger partial charge in [-0.05, 0) is 0 Å². The van der Waals surface area contributed by atoms with E-state index in [9.17, 15) is 13.3 Å². The van der Waals surface area contributed by atoms with E-state index >= 15 is 0 Å². The molecule has 0 aliphatic heterocycles. The molecule has 0 aliphatic rings. The molecule has 0 bridgehead atoms. The quantitative estimate of drug-likeness (QED) is 0.543. The minimum absolute atomic E-state index is 0.170. The third-order valence-corrected chi connectivity index (χ3v) is 6.63. The Morgan fingerprint density at radius 1 is 1.21 bits per heavy atom. The molecule has 2 nitrogen and oxygen atoms in total. The van der Waals surface area contributed by atoms with Gasteiger partial charge in [-0.25, -0.2) is 0 Å². The molecule has 0 saturated carbocycles. The lowest BCUT2D eigenvalue weighted by Gasteiger charge is -2.31. The topological polar surface area (TPSA) is 26.3 Å². The van der Waals surface area contributed by atoms with Gasteiger partial charge >= 0.3 is 5.73 Å². The number of hydrogen-bond acceptors (Lipinski definition) is 2. The first-order valence-corrected chi connectivity index (χ1v) is 10.2. The zero-order chi connectivity index (χ0) is 11.6. The van der Waals surface area contributed by atoms with Crippen LogP contribution in [0.15, 0.2) is 0 Å². The van der Waals surface area contributed by atoms with Gasteiger partial charge in [-0.15, -0.1) is 0 Å². The maximum atomic E-state index is 13.5. The van der Waals surface area contributed by atoms with E-state index in [1.807, 2.05) is 0 Å². The fourth-order valence-corrected chi connectivity index (χ4v) is 3.42. The van der Waals surface area contributed by atoms with E-state index in [0.717, 1.165) is 0 Å². The van der Waals surface area contributed by atoms with E-state index in [0.29, 0.717) is 0 Å². The molecule has 6 heteroatoms. The van der Waals surface area contributed by atoms with Gasteiger partial charge in [0.15, 0.2) is 8.07 Å². The maximum absolute atomic E-state index is 13.5. The Morgan fingerprint density at radius 2 is 1.57 bits per heavy atom. The maximum Gasteiger partial charge on any atom is 0.332 e. The van der Waals surface area contributed by atoms with Crippen molar-refractivity contribution in [3.8, 4) is 0 Å². The van der Waals surface area contributed by atoms with Crippen molar-refractivity contribution < 1.29 is 17.9 Å². The second kappa shape index (κ2) is 4.41. The minimum Gasteiger partial charge on any atom is -0.293 e. The summed E-state index contributed by atoms with van der Waals surface area (Å²) >= 11 is 0. The summed E-state index contributed by atoms with van der Waals surface area (Å²) in [6, 6.07) is 0. The smallest absolute Gasteiger partial charge is 0.293 e. The second-order valence-electron chi connectivity index (χ2n) is 4.31. The lowest BCUT2D eigenvalue weighted by atomic mass is 11.0. The third kappa shape index (κ3) is 3.44. The number of alkyl halides is 2. The lowest BCUT2D eigenvalue weighted by molar-refractivity contribution is -0.107. The molecule has 0 amide bonds. The highest BCUT2D eigenvalue weighted by atomic mass is 31.2. The van der Waals surface area contributed by atoms with Crippen LogP contribution < -0.4 is 0 Å². The zero-order valence-corrected chi connectivity index (χ0v) is 11.3. The summed E-state index contributed by atoms with van der Waals surface area (Å²) in [5.41, 5.74) is -3.20. The van der Waals surface area contributed by atoms with Gasteiger partial charge in [-0.3, -0.25) is 9.09 Å². The molecule has 14 heavy (non-hydrogen) atoms. The number of rotatable bonds is 5. The molecular formula is C8H19F2O2PSi. The highest BCUT2D eigenvalue weighted by Crippen LogP contribution is 2.52. The van der Waals surface area contributed by atoms with Gasteiger partial charge in [0.2, 0.25) is 7.37 Å². The molecule has 0 atom stereocenters. The molecule has 0 rings (SSSR count). The fraction of sp³-hybridized carbons (Fsp3) is 1.00. The van der Waals surface area contributed by atoms with Gasteiger partial charge in [0.25, 0.3) is 0 Å². The third-order valence-electron chi connectivity index (χ3n) is 2.12. The van der Waals surface area contributed by atoms with E-state index < -0.39 is 21.2 Å². The molecule has 0 radical (unpaired) electrons. The van der Waals surface area contributed by atoms with Crippen LogP contribution in [0.1, 0.15) is 13.8 Å². The normalized spacial score (nSPS) is 14.5. The Bertz CT molecular complexity index is 230. The van der Waals surface area contributed by atoms with E-state index in [1.54, 1.807) is 13.8 Å². The largest absolute Gasteiger partial charge is 0.332 e. The molecular weight excluding hydrogens is 225 g/mol. The Hall–Kier alpha value is 0.267. The Morgan fingerprint density at radius 3 is 1.79 bits per heavy atom. The molecule has 0 spiro atoms. The van der Waals surface area contributed by atoms with Crippen LogP contribution in [0.25, 0.3) is 0 Å². The van der Waals surface area contributed by atoms with E-state index in [4.69, 9.17) is 0 Å². The van der Waals surface area contributed by atoms with Gasteiger partial charge in [-0.2, -0.15) is 8.78 Å². The van der Waals surface area contributed by atoms with Crippen LogP contribution in [0.4, 0.5) is 8.78 Å². The van der Waals surface area contributed by atoms with Crippen LogP contribution in [0, 0.1) is 0 Å². The van der Waals surface area contributed by atoms with Crippen LogP contribution in [-0.2, 0) is 9.09 Å². The number of hydrogen-bond donors (Lipinski definition) is 0. The average Bonchev–Trinajstić information content (AvgIpc) is 2.01. The summed E-state index contributed by atoms with van der Waals surface area (Å²) < 4.78 is 43.2. The molecule has 0 heterocycles. The summed E-state index contributed by atoms with van der Waals surface area (Å²) in [6.07, 6.45) is 0.340. The SMILES string of the molecule is CCP(=O)(CC)OC(F)(F)[Si](C)(C)C. The molecule has 0 N–H and O–H groups in total. The molecule has 0 aromatic rings. The van der Waals surface area contributed by atoms with E-state index in [1.165, 1.54) is 19.6 Å². The van der Waals surface area contributed by atoms with Crippen molar-refractivity contribution in [1.29, 1.82) is 0 Å². The van der Waals surface area contributed by atoms with Gasteiger partial charge < -0.3 is 0 Å². The van der Waals surface area contributed by atoms with E-state index in [-0.39, 0.29) is 12.3 Å². The molecule has 0 fully saturated rings. The summed E-state index contributed by atoms with van der Waals surface area (Å²) in [5.74, 6) is 0. The summed E-state index contributed by atoms with van der Waals surface area (Å²) in [7, 11) is -5.87. The summed E-state index contributed by atoms with van der Waals surface area (Å²) in [5, 5.41) is 0. The summed E-state index contributed by atoms with van der Waals surface area (Å²) in [6.45, 7) is 7.74. The molecule has 0 aromatic carbocycles. The van der Waals surface area contributed by atoms with Crippen molar-refractivity contribution in [2.24, 2.45) is 0 Å². The molecule has 0 aliphatic carbocycles. The first kappa shape index (κ1) is 14.3. The van der Waals surface area contributed by atoms with Crippen molar-refractivity contribution in [2.45, 2.75) is 39.2 Å². The molecule has 0 aromatic heterocycles. The first-order chi connectivity index (χ1) is 6.08. The van der Waals surface area contributed by atoms with Gasteiger partial charge in [0, 0.05) is 12.3 Å². The zero-order valence-electron chi connectivity index (χ0n) is 9.43. The lowest BCUT2D eigenvalue weighted by Crippen LogP contribution is -2.46. The van der Waals surface area contributed by atoms with Crippen molar-refractivity contribution >= 4 is 15.4 Å². The van der Waals surface area contributed by atoms with Gasteiger partial charge in [0.05, 0.1) is 0 Å². The molecule has 0 saturated heterocycles. The molecule has 86 valence electrons. The van der Waals surface area contributed by atoms with Crippen molar-refractivity contribution in [3.63, 3.8) is 0 Å². The monoisotopic (exact) mass is 244 g/mol. The average molecular weight is 244 g/mol. The second-order valence-corrected chi connectivity index (χ2v) is 12.5. The predicted molar refractivity (Wildman–Crippen MR) is 58.1 cm³/mol. The predicted octanol–water partition coefficient (Wildman–Crippen LogP) is 3.79. The Labute approximate surface area is 85.5 Å². The van der Waals surface area contributed by atoms with Crippen LogP contribution in [0.2, 0.25) is 19.6 Å². The Balaban J connectivity index is 4.74. The first-order valence-electron chi connectivity index (χ1n) is 4.74. The van der Waals surface area contributed by atoms with Gasteiger partial charge in [-0.1, -0.05) is 33.5 Å². The summed E-state index contributed by atoms with van der Waals surface area (Å²) in [4.78, 5) is 0. The Kier molecular flexibility index (Phi) is 4.50. The van der Waals surface area contributed by atoms with E-state index in [2.05, 4.69) is 4.52 Å². The highest BCUT2D eigenvalue weighted by molar-refractivity contribution is 7.59. The van der Waals surface area contributed by atoms with Crippen molar-refractivity contribution in [3.05, 3.63) is 0 Å². The van der Waals surface area contributed by atoms with Crippen LogP contribution in [0.3, 0.4) is 0 Å². The molecule has 0 unspecified atom stereocenters. The minimum atomic E-state index is -3.20. The van der Waals surface area contributed by atoms with Gasteiger partial charge in [0.1, 0.15) is 0 Å².